The highest BCUT2D eigenvalue weighted by molar-refractivity contribution is 14.0. The summed E-state index contributed by atoms with van der Waals surface area (Å²) in [5, 5.41) is 3.39. The van der Waals surface area contributed by atoms with Gasteiger partial charge in [-0.25, -0.2) is 0 Å². The van der Waals surface area contributed by atoms with E-state index in [1.807, 2.05) is 19.2 Å². The number of rotatable bonds is 9. The van der Waals surface area contributed by atoms with Crippen LogP contribution in [0.2, 0.25) is 0 Å². The minimum absolute atomic E-state index is 0. The van der Waals surface area contributed by atoms with Gasteiger partial charge >= 0.3 is 0 Å². The first-order valence-corrected chi connectivity index (χ1v) is 9.48. The zero-order valence-corrected chi connectivity index (χ0v) is 19.1. The largest absolute Gasteiger partial charge is 0.492 e. The van der Waals surface area contributed by atoms with Crippen molar-refractivity contribution in [2.75, 3.05) is 53.6 Å². The van der Waals surface area contributed by atoms with Crippen LogP contribution in [0, 0.1) is 6.92 Å². The van der Waals surface area contributed by atoms with Crippen molar-refractivity contribution >= 4 is 29.9 Å². The van der Waals surface area contributed by atoms with Gasteiger partial charge in [-0.1, -0.05) is 17.7 Å². The number of methoxy groups -OCH3 is 1. The highest BCUT2D eigenvalue weighted by Gasteiger charge is 2.21. The van der Waals surface area contributed by atoms with Gasteiger partial charge in [0.15, 0.2) is 5.96 Å². The second-order valence-corrected chi connectivity index (χ2v) is 6.54. The summed E-state index contributed by atoms with van der Waals surface area (Å²) in [6, 6.07) is 8.12. The Kier molecular flexibility index (Phi) is 12.4. The molecule has 7 heteroatoms. The number of nitrogens with zero attached hydrogens (tertiary/aromatic N) is 2. The van der Waals surface area contributed by atoms with Gasteiger partial charge in [-0.3, -0.25) is 4.99 Å². The maximum absolute atomic E-state index is 5.92. The molecule has 1 heterocycles. The van der Waals surface area contributed by atoms with E-state index in [4.69, 9.17) is 14.2 Å². The number of hydrogen-bond acceptors (Lipinski definition) is 4. The third-order valence-corrected chi connectivity index (χ3v) is 4.47. The van der Waals surface area contributed by atoms with E-state index in [0.717, 1.165) is 63.8 Å². The number of guanidine groups is 1. The highest BCUT2D eigenvalue weighted by Crippen LogP contribution is 2.14. The number of piperidine rings is 1. The second-order valence-electron chi connectivity index (χ2n) is 6.54. The third-order valence-electron chi connectivity index (χ3n) is 4.47. The van der Waals surface area contributed by atoms with Crippen LogP contribution < -0.4 is 10.1 Å². The number of aryl methyl sites for hydroxylation is 1. The van der Waals surface area contributed by atoms with Crippen LogP contribution in [0.15, 0.2) is 29.3 Å². The molecular weight excluding hydrogens is 457 g/mol. The molecule has 1 aliphatic heterocycles. The number of nitrogens with one attached hydrogen (secondary N) is 1. The van der Waals surface area contributed by atoms with Crippen LogP contribution in [0.3, 0.4) is 0 Å². The quantitative estimate of drug-likeness (QED) is 0.249. The average Bonchev–Trinajstić information content (AvgIpc) is 2.67. The lowest BCUT2D eigenvalue weighted by Crippen LogP contribution is -2.47. The van der Waals surface area contributed by atoms with Gasteiger partial charge in [-0.15, -0.1) is 24.0 Å². The summed E-state index contributed by atoms with van der Waals surface area (Å²) < 4.78 is 16.7. The summed E-state index contributed by atoms with van der Waals surface area (Å²) in [6.07, 6.45) is 3.38. The fourth-order valence-corrected chi connectivity index (χ4v) is 2.99. The number of hydrogen-bond donors (Lipinski definition) is 1. The maximum atomic E-state index is 5.92. The molecule has 0 radical (unpaired) electrons. The smallest absolute Gasteiger partial charge is 0.193 e. The van der Waals surface area contributed by atoms with Crippen molar-refractivity contribution < 1.29 is 14.2 Å². The van der Waals surface area contributed by atoms with E-state index in [2.05, 4.69) is 34.3 Å². The molecule has 2 rings (SSSR count). The molecule has 154 valence electrons. The first-order chi connectivity index (χ1) is 12.7. The van der Waals surface area contributed by atoms with Crippen molar-refractivity contribution in [2.45, 2.75) is 32.3 Å². The highest BCUT2D eigenvalue weighted by atomic mass is 127. The van der Waals surface area contributed by atoms with Gasteiger partial charge in [0.1, 0.15) is 12.4 Å². The van der Waals surface area contributed by atoms with E-state index in [-0.39, 0.29) is 24.0 Å². The van der Waals surface area contributed by atoms with Crippen molar-refractivity contribution in [1.29, 1.82) is 0 Å². The standard InChI is InChI=1S/C20H33N3O3.HI/c1-17-5-7-18(8-6-17)26-16-11-22-20(21-2)23-12-9-19(10-13-23)25-15-4-14-24-3;/h5-8,19H,4,9-16H2,1-3H3,(H,21,22);1H. The van der Waals surface area contributed by atoms with Crippen molar-refractivity contribution in [2.24, 2.45) is 4.99 Å². The average molecular weight is 491 g/mol. The maximum Gasteiger partial charge on any atom is 0.193 e. The van der Waals surface area contributed by atoms with E-state index in [1.54, 1.807) is 7.11 Å². The van der Waals surface area contributed by atoms with Gasteiger partial charge < -0.3 is 24.4 Å². The van der Waals surface area contributed by atoms with E-state index in [9.17, 15) is 0 Å². The first-order valence-electron chi connectivity index (χ1n) is 9.48. The van der Waals surface area contributed by atoms with E-state index >= 15 is 0 Å². The first kappa shape index (κ1) is 24.0. The van der Waals surface area contributed by atoms with Gasteiger partial charge in [0.2, 0.25) is 0 Å². The summed E-state index contributed by atoms with van der Waals surface area (Å²) >= 11 is 0. The van der Waals surface area contributed by atoms with E-state index in [1.165, 1.54) is 5.56 Å². The SMILES string of the molecule is CN=C(NCCOc1ccc(C)cc1)N1CCC(OCCCOC)CC1.I. The fourth-order valence-electron chi connectivity index (χ4n) is 2.99. The van der Waals surface area contributed by atoms with Crippen LogP contribution in [0.25, 0.3) is 0 Å². The van der Waals surface area contributed by atoms with Gasteiger partial charge in [0, 0.05) is 40.5 Å². The number of aliphatic imine (C=N–C) groups is 1. The molecule has 0 amide bonds. The molecule has 0 spiro atoms. The Balaban J connectivity index is 0.00000364. The normalized spacial score (nSPS) is 15.4. The number of likely N-dealkylation sites (tertiary alicyclic amines) is 1. The molecular formula is C20H34IN3O3. The minimum atomic E-state index is 0. The molecule has 1 aliphatic rings. The monoisotopic (exact) mass is 491 g/mol. The third kappa shape index (κ3) is 9.12. The molecule has 1 N–H and O–H groups in total. The minimum Gasteiger partial charge on any atom is -0.492 e. The van der Waals surface area contributed by atoms with Crippen molar-refractivity contribution in [3.63, 3.8) is 0 Å². The van der Waals surface area contributed by atoms with Crippen molar-refractivity contribution in [3.8, 4) is 5.75 Å². The van der Waals surface area contributed by atoms with Crippen molar-refractivity contribution in [3.05, 3.63) is 29.8 Å². The Labute approximate surface area is 180 Å². The molecule has 0 aliphatic carbocycles. The molecule has 0 atom stereocenters. The molecule has 27 heavy (non-hydrogen) atoms. The molecule has 1 aromatic carbocycles. The van der Waals surface area contributed by atoms with E-state index < -0.39 is 0 Å². The zero-order chi connectivity index (χ0) is 18.6. The zero-order valence-electron chi connectivity index (χ0n) is 16.8. The molecule has 0 saturated carbocycles. The summed E-state index contributed by atoms with van der Waals surface area (Å²) in [7, 11) is 3.55. The van der Waals surface area contributed by atoms with E-state index in [0.29, 0.717) is 12.7 Å². The van der Waals surface area contributed by atoms with Crippen LogP contribution in [0.4, 0.5) is 0 Å². The Morgan fingerprint density at radius 1 is 1.15 bits per heavy atom. The van der Waals surface area contributed by atoms with Gasteiger partial charge in [-0.05, 0) is 38.3 Å². The predicted molar refractivity (Wildman–Crippen MR) is 120 cm³/mol. The van der Waals surface area contributed by atoms with Crippen LogP contribution in [-0.4, -0.2) is 70.6 Å². The molecule has 1 saturated heterocycles. The topological polar surface area (TPSA) is 55.3 Å². The lowest BCUT2D eigenvalue weighted by atomic mass is 10.1. The predicted octanol–water partition coefficient (Wildman–Crippen LogP) is 3.08. The van der Waals surface area contributed by atoms with Crippen LogP contribution in [-0.2, 0) is 9.47 Å². The number of benzene rings is 1. The molecule has 0 unspecified atom stereocenters. The number of halogens is 1. The summed E-state index contributed by atoms with van der Waals surface area (Å²) in [5.74, 6) is 1.84. The lowest BCUT2D eigenvalue weighted by Gasteiger charge is -2.34. The molecule has 0 aromatic heterocycles. The Morgan fingerprint density at radius 2 is 1.85 bits per heavy atom. The summed E-state index contributed by atoms with van der Waals surface area (Å²) in [6.45, 7) is 6.89. The summed E-state index contributed by atoms with van der Waals surface area (Å²) in [4.78, 5) is 6.69. The fraction of sp³-hybridized carbons (Fsp3) is 0.650. The molecule has 6 nitrogen and oxygen atoms in total. The molecule has 1 fully saturated rings. The Hall–Kier alpha value is -1.06. The summed E-state index contributed by atoms with van der Waals surface area (Å²) in [5.41, 5.74) is 1.24. The van der Waals surface area contributed by atoms with Gasteiger partial charge in [-0.2, -0.15) is 0 Å². The molecule has 1 aromatic rings. The van der Waals surface area contributed by atoms with Crippen LogP contribution in [0.1, 0.15) is 24.8 Å². The van der Waals surface area contributed by atoms with Gasteiger partial charge in [0.25, 0.3) is 0 Å². The molecule has 0 bridgehead atoms. The van der Waals surface area contributed by atoms with Crippen LogP contribution >= 0.6 is 24.0 Å². The Morgan fingerprint density at radius 3 is 2.48 bits per heavy atom. The Bertz CT molecular complexity index is 532. The van der Waals surface area contributed by atoms with Gasteiger partial charge in [0.05, 0.1) is 12.6 Å². The van der Waals surface area contributed by atoms with Crippen molar-refractivity contribution in [1.82, 2.24) is 10.2 Å². The lowest BCUT2D eigenvalue weighted by molar-refractivity contribution is 0.00989. The number of ether oxygens (including phenoxy) is 3. The van der Waals surface area contributed by atoms with Crippen LogP contribution in [0.5, 0.6) is 5.75 Å². The second kappa shape index (κ2) is 14.0.